The largest absolute Gasteiger partial charge is 0.481 e. The SMILES string of the molecule is CC[C@H](C)[C@H](NC(=O)[C@H](CC(N)=O)NC(=O)[C@@H](NC(=O)[C@H](C)NC(=O)[C@H](CCC(=O)O)NC(=O)[C@H](CC(C)C)NC(=O)[C@H](CCC(N)=O)NC(=O)[C@H](CC(C)C)NC(=O)[C@H](CCCN=C(N)N)NC(=O)[C@@H](N)[C@@H](C)O)C(C)C)C(=O)N[C@H](C(=O)N[C@@H](CC(=O)O)C(=O)N[C@@H](CC(C)C)C(=O)O)[C@@H](C)O. The van der Waals surface area contributed by atoms with Crippen LogP contribution in [0.15, 0.2) is 4.99 Å². The fourth-order valence-electron chi connectivity index (χ4n) is 9.93. The lowest BCUT2D eigenvalue weighted by Crippen LogP contribution is -2.63. The number of rotatable bonds is 50. The molecule has 40 heteroatoms. The lowest BCUT2D eigenvalue weighted by Gasteiger charge is -2.30. The Bertz CT molecular complexity index is 3020. The predicted molar refractivity (Wildman–Crippen MR) is 372 cm³/mol. The number of nitrogens with zero attached hydrogens (tertiary/aromatic N) is 1. The summed E-state index contributed by atoms with van der Waals surface area (Å²) in [7, 11) is 0. The number of hydrogen-bond donors (Lipinski definition) is 22. The summed E-state index contributed by atoms with van der Waals surface area (Å²) >= 11 is 0. The van der Waals surface area contributed by atoms with Crippen LogP contribution in [-0.4, -0.2) is 229 Å². The molecule has 14 amide bonds. The molecule has 27 N–H and O–H groups in total. The van der Waals surface area contributed by atoms with Crippen LogP contribution in [0.4, 0.5) is 0 Å². The molecule has 590 valence electrons. The van der Waals surface area contributed by atoms with Crippen molar-refractivity contribution in [2.75, 3.05) is 6.54 Å². The van der Waals surface area contributed by atoms with Gasteiger partial charge in [0.15, 0.2) is 5.96 Å². The van der Waals surface area contributed by atoms with Gasteiger partial charge in [-0.3, -0.25) is 81.7 Å². The first-order chi connectivity index (χ1) is 48.1. The number of aliphatic carboxylic acids is 3. The Morgan fingerprint density at radius 2 is 0.731 bits per heavy atom. The molecule has 104 heavy (non-hydrogen) atoms. The van der Waals surface area contributed by atoms with E-state index in [9.17, 15) is 107 Å². The highest BCUT2D eigenvalue weighted by molar-refractivity contribution is 6.01. The molecule has 0 aromatic heterocycles. The number of hydrogen-bond acceptors (Lipinski definition) is 21. The Balaban J connectivity index is 6.90. The summed E-state index contributed by atoms with van der Waals surface area (Å²) < 4.78 is 0. The first-order valence-electron chi connectivity index (χ1n) is 34.2. The van der Waals surface area contributed by atoms with Gasteiger partial charge in [-0.05, 0) is 95.3 Å². The molecule has 0 fully saturated rings. The summed E-state index contributed by atoms with van der Waals surface area (Å²) in [6.45, 7) is 19.5. The van der Waals surface area contributed by atoms with Crippen molar-refractivity contribution in [1.29, 1.82) is 0 Å². The smallest absolute Gasteiger partial charge is 0.326 e. The molecule has 0 aliphatic carbocycles. The molecule has 0 saturated heterocycles. The van der Waals surface area contributed by atoms with Crippen molar-refractivity contribution in [3.8, 4) is 0 Å². The second-order valence-corrected chi connectivity index (χ2v) is 27.2. The van der Waals surface area contributed by atoms with Gasteiger partial charge in [0.2, 0.25) is 82.7 Å². The van der Waals surface area contributed by atoms with Gasteiger partial charge in [0, 0.05) is 19.4 Å². The molecular formula is C64H112N18O22. The summed E-state index contributed by atoms with van der Waals surface area (Å²) in [6, 6.07) is -21.3. The van der Waals surface area contributed by atoms with Gasteiger partial charge in [-0.2, -0.15) is 0 Å². The highest BCUT2D eigenvalue weighted by Gasteiger charge is 2.40. The normalized spacial score (nSPS) is 15.9. The Kier molecular flexibility index (Phi) is 42.3. The van der Waals surface area contributed by atoms with Gasteiger partial charge in [-0.15, -0.1) is 0 Å². The number of aliphatic hydroxyl groups is 2. The van der Waals surface area contributed by atoms with Crippen LogP contribution in [0.1, 0.15) is 167 Å². The molecule has 0 aliphatic rings. The molecule has 40 nitrogen and oxygen atoms in total. The van der Waals surface area contributed by atoms with E-state index in [0.717, 1.165) is 13.8 Å². The van der Waals surface area contributed by atoms with Crippen LogP contribution < -0.4 is 92.5 Å². The highest BCUT2D eigenvalue weighted by atomic mass is 16.4. The van der Waals surface area contributed by atoms with Crippen molar-refractivity contribution in [3.05, 3.63) is 0 Å². The third-order valence-electron chi connectivity index (χ3n) is 15.9. The second-order valence-electron chi connectivity index (χ2n) is 27.2. The van der Waals surface area contributed by atoms with Gasteiger partial charge >= 0.3 is 17.9 Å². The number of primary amides is 2. The zero-order chi connectivity index (χ0) is 80.3. The van der Waals surface area contributed by atoms with Gasteiger partial charge < -0.3 is 118 Å². The maximum atomic E-state index is 14.3. The fraction of sp³-hybridized carbons (Fsp3) is 0.719. The number of aliphatic hydroxyl groups excluding tert-OH is 2. The molecule has 0 saturated carbocycles. The minimum Gasteiger partial charge on any atom is -0.481 e. The minimum absolute atomic E-state index is 0.0282. The van der Waals surface area contributed by atoms with Crippen molar-refractivity contribution in [2.24, 2.45) is 63.3 Å². The number of carboxylic acids is 3. The van der Waals surface area contributed by atoms with Crippen LogP contribution in [0.25, 0.3) is 0 Å². The number of nitrogens with two attached hydrogens (primary N) is 5. The van der Waals surface area contributed by atoms with Crippen molar-refractivity contribution < 1.29 is 107 Å². The van der Waals surface area contributed by atoms with Gasteiger partial charge in [-0.25, -0.2) is 4.79 Å². The van der Waals surface area contributed by atoms with E-state index >= 15 is 0 Å². The quantitative estimate of drug-likeness (QED) is 0.0153. The molecule has 0 aromatic carbocycles. The molecule has 0 aliphatic heterocycles. The fourth-order valence-corrected chi connectivity index (χ4v) is 9.93. The number of amides is 14. The predicted octanol–water partition coefficient (Wildman–Crippen LogP) is -6.63. The third kappa shape index (κ3) is 36.3. The monoisotopic (exact) mass is 1480 g/mol. The van der Waals surface area contributed by atoms with E-state index in [1.54, 1.807) is 48.5 Å². The summed E-state index contributed by atoms with van der Waals surface area (Å²) in [5.74, 6) is -22.5. The van der Waals surface area contributed by atoms with Crippen molar-refractivity contribution in [2.45, 2.75) is 258 Å². The van der Waals surface area contributed by atoms with Gasteiger partial charge in [0.05, 0.1) is 25.0 Å². The summed E-state index contributed by atoms with van der Waals surface area (Å²) in [5.41, 5.74) is 27.6. The van der Waals surface area contributed by atoms with E-state index in [1.807, 2.05) is 0 Å². The summed E-state index contributed by atoms with van der Waals surface area (Å²) in [5, 5.41) is 77.9. The van der Waals surface area contributed by atoms with Crippen LogP contribution >= 0.6 is 0 Å². The minimum atomic E-state index is -1.95. The zero-order valence-electron chi connectivity index (χ0n) is 61.2. The number of carboxylic acid groups (broad SMARTS) is 3. The van der Waals surface area contributed by atoms with E-state index in [4.69, 9.17) is 28.7 Å². The van der Waals surface area contributed by atoms with Crippen LogP contribution in [0.2, 0.25) is 0 Å². The van der Waals surface area contributed by atoms with Crippen LogP contribution in [0.5, 0.6) is 0 Å². The van der Waals surface area contributed by atoms with Crippen LogP contribution in [-0.2, 0) is 81.5 Å². The molecule has 0 spiro atoms. The second kappa shape index (κ2) is 46.7. The van der Waals surface area contributed by atoms with Gasteiger partial charge in [0.25, 0.3) is 0 Å². The first kappa shape index (κ1) is 94.1. The number of nitrogens with one attached hydrogen (secondary N) is 12. The van der Waals surface area contributed by atoms with Gasteiger partial charge in [0.1, 0.15) is 78.5 Å². The summed E-state index contributed by atoms with van der Waals surface area (Å²) in [4.78, 5) is 230. The van der Waals surface area contributed by atoms with Crippen molar-refractivity contribution >= 4 is 107 Å². The van der Waals surface area contributed by atoms with Crippen LogP contribution in [0, 0.1) is 29.6 Å². The molecule has 0 heterocycles. The molecule has 0 unspecified atom stereocenters. The molecule has 0 aromatic rings. The van der Waals surface area contributed by atoms with Crippen molar-refractivity contribution in [3.63, 3.8) is 0 Å². The van der Waals surface area contributed by atoms with E-state index in [1.165, 1.54) is 27.7 Å². The van der Waals surface area contributed by atoms with Crippen molar-refractivity contribution in [1.82, 2.24) is 63.8 Å². The lowest BCUT2D eigenvalue weighted by atomic mass is 9.96. The molecule has 0 bridgehead atoms. The Labute approximate surface area is 603 Å². The lowest BCUT2D eigenvalue weighted by molar-refractivity contribution is -0.144. The average molecular weight is 1490 g/mol. The Morgan fingerprint density at radius 3 is 1.14 bits per heavy atom. The molecule has 16 atom stereocenters. The molecular weight excluding hydrogens is 1370 g/mol. The number of guanidine groups is 1. The summed E-state index contributed by atoms with van der Waals surface area (Å²) in [6.07, 6.45) is -7.50. The number of carbonyl (C=O) groups is 17. The Hall–Kier alpha value is -9.86. The van der Waals surface area contributed by atoms with Crippen LogP contribution in [0.3, 0.4) is 0 Å². The van der Waals surface area contributed by atoms with E-state index < -0.39 is 248 Å². The van der Waals surface area contributed by atoms with E-state index in [-0.39, 0.29) is 62.9 Å². The van der Waals surface area contributed by atoms with E-state index in [2.05, 4.69) is 68.8 Å². The Morgan fingerprint density at radius 1 is 0.365 bits per heavy atom. The third-order valence-corrected chi connectivity index (χ3v) is 15.9. The maximum absolute atomic E-state index is 14.3. The topological polar surface area (TPSA) is 678 Å². The first-order valence-corrected chi connectivity index (χ1v) is 34.2. The number of carbonyl (C=O) groups excluding carboxylic acids is 14. The maximum Gasteiger partial charge on any atom is 0.326 e. The molecule has 0 radical (unpaired) electrons. The standard InChI is InChI=1S/C64H112N18O22/c1-14-31(10)49(61(101)82-50(34(13)84)62(102)78-41(26-46(89)90)57(97)79-42(63(103)104)24-29(6)7)81-58(98)40(25-44(66)86)77-60(100)48(30(8)9)80-51(91)32(11)71-52(92)37(18-20-45(87)88)73-56(96)39(23-28(4)5)76-54(94)36(17-19-43(65)85)72-55(95)38(22-27(2)3)75-53(93)35(16-15-21-70-64(68)69)74-59(99)47(67)33(12)83/h27-42,47-50,83-84H,14-26,67H2,1-13H3,(H2,65,85)(H2,66,86)(H,71,92)(H,72,95)(H,73,96)(H,74,99)(H,75,93)(H,76,94)(H,77,100)(H,78,102)(H,79,97)(H,80,91)(H,81,98)(H,82,101)(H,87,88)(H,89,90)(H,103,104)(H4,68,69,70)/t31-,32-,33+,34+,35-,36-,37-,38-,39-,40-,41-,42-,47-,48-,49-,50-/m0/s1. The zero-order valence-corrected chi connectivity index (χ0v) is 61.2. The van der Waals surface area contributed by atoms with E-state index in [0.29, 0.717) is 0 Å². The molecule has 0 rings (SSSR count). The highest BCUT2D eigenvalue weighted by Crippen LogP contribution is 2.15. The number of aliphatic imine (C=N–C) groups is 1. The van der Waals surface area contributed by atoms with Gasteiger partial charge in [-0.1, -0.05) is 75.7 Å². The average Bonchev–Trinajstić information content (AvgIpc) is 0.880.